The van der Waals surface area contributed by atoms with Crippen molar-refractivity contribution < 1.29 is 9.53 Å². The van der Waals surface area contributed by atoms with Crippen LogP contribution in [0.1, 0.15) is 37.6 Å². The summed E-state index contributed by atoms with van der Waals surface area (Å²) in [6.45, 7) is 5.16. The summed E-state index contributed by atoms with van der Waals surface area (Å²) in [5.74, 6) is 1.82. The minimum absolute atomic E-state index is 0.0106. The van der Waals surface area contributed by atoms with Crippen LogP contribution >= 0.6 is 11.8 Å². The Morgan fingerprint density at radius 2 is 1.83 bits per heavy atom. The Morgan fingerprint density at radius 3 is 2.60 bits per heavy atom. The molecule has 0 aliphatic carbocycles. The van der Waals surface area contributed by atoms with Crippen LogP contribution in [-0.2, 0) is 11.4 Å². The molecule has 158 valence electrons. The molecule has 6 nitrogen and oxygen atoms in total. The number of benzene rings is 2. The first kappa shape index (κ1) is 21.9. The predicted octanol–water partition coefficient (Wildman–Crippen LogP) is 4.55. The van der Waals surface area contributed by atoms with Crippen molar-refractivity contribution in [1.29, 1.82) is 0 Å². The maximum absolute atomic E-state index is 12.2. The monoisotopic (exact) mass is 424 g/mol. The van der Waals surface area contributed by atoms with Crippen LogP contribution < -0.4 is 10.1 Å². The van der Waals surface area contributed by atoms with Crippen LogP contribution in [0.5, 0.6) is 5.75 Å². The summed E-state index contributed by atoms with van der Waals surface area (Å²) in [5, 5.41) is 12.3. The normalized spacial score (nSPS) is 10.7. The number of nitrogens with zero attached hydrogens (tertiary/aromatic N) is 3. The van der Waals surface area contributed by atoms with Gasteiger partial charge < -0.3 is 10.1 Å². The lowest BCUT2D eigenvalue weighted by Crippen LogP contribution is -2.26. The van der Waals surface area contributed by atoms with E-state index in [1.54, 1.807) is 0 Å². The molecule has 3 aromatic rings. The molecule has 0 spiro atoms. The average Bonchev–Trinajstić information content (AvgIpc) is 3.18. The third-order valence-corrected chi connectivity index (χ3v) is 5.53. The number of nitrogens with one attached hydrogen (secondary N) is 1. The molecule has 1 aromatic heterocycles. The number of carbonyl (C=O) groups excluding carboxylic acids is 1. The van der Waals surface area contributed by atoms with Gasteiger partial charge in [0.05, 0.1) is 5.75 Å². The molecule has 2 aromatic carbocycles. The van der Waals surface area contributed by atoms with Gasteiger partial charge in [-0.15, -0.1) is 10.2 Å². The number of rotatable bonds is 11. The Balaban J connectivity index is 1.70. The number of para-hydroxylation sites is 2. The quantitative estimate of drug-likeness (QED) is 0.361. The zero-order chi connectivity index (χ0) is 21.2. The molecule has 3 rings (SSSR count). The lowest BCUT2D eigenvalue weighted by Gasteiger charge is -2.12. The number of amides is 1. The first-order valence-corrected chi connectivity index (χ1v) is 11.2. The lowest BCUT2D eigenvalue weighted by atomic mass is 10.2. The van der Waals surface area contributed by atoms with Crippen molar-refractivity contribution in [1.82, 2.24) is 20.1 Å². The molecular weight excluding hydrogens is 396 g/mol. The van der Waals surface area contributed by atoms with E-state index in [-0.39, 0.29) is 12.5 Å². The van der Waals surface area contributed by atoms with Crippen molar-refractivity contribution in [2.24, 2.45) is 0 Å². The van der Waals surface area contributed by atoms with Crippen molar-refractivity contribution in [3.63, 3.8) is 0 Å². The molecule has 30 heavy (non-hydrogen) atoms. The molecule has 1 N–H and O–H groups in total. The Bertz CT molecular complexity index is 943. The summed E-state index contributed by atoms with van der Waals surface area (Å²) >= 11 is 1.38. The molecule has 0 bridgehead atoms. The molecular formula is C23H28N4O2S. The number of ether oxygens (including phenoxy) is 1. The van der Waals surface area contributed by atoms with Gasteiger partial charge in [-0.25, -0.2) is 0 Å². The van der Waals surface area contributed by atoms with E-state index in [4.69, 9.17) is 4.74 Å². The average molecular weight is 425 g/mol. The van der Waals surface area contributed by atoms with Crippen LogP contribution in [0.15, 0.2) is 59.8 Å². The van der Waals surface area contributed by atoms with E-state index in [1.165, 1.54) is 11.8 Å². The standard InChI is InChI=1S/C23H28N4O2S/c1-3-4-10-15-24-22(28)17-30-23-26-25-21(27(23)19-12-6-5-7-13-19)16-29-20-14-9-8-11-18(20)2/h5-9,11-14H,3-4,10,15-17H2,1-2H3,(H,24,28). The fourth-order valence-electron chi connectivity index (χ4n) is 2.97. The van der Waals surface area contributed by atoms with E-state index < -0.39 is 0 Å². The molecule has 0 aliphatic heterocycles. The van der Waals surface area contributed by atoms with Crippen LogP contribution in [0.2, 0.25) is 0 Å². The van der Waals surface area contributed by atoms with E-state index >= 15 is 0 Å². The van der Waals surface area contributed by atoms with Crippen LogP contribution in [0.25, 0.3) is 5.69 Å². The van der Waals surface area contributed by atoms with Gasteiger partial charge in [-0.1, -0.05) is 67.9 Å². The largest absolute Gasteiger partial charge is 0.485 e. The van der Waals surface area contributed by atoms with Crippen molar-refractivity contribution >= 4 is 17.7 Å². The summed E-state index contributed by atoms with van der Waals surface area (Å²) in [4.78, 5) is 12.2. The number of aromatic nitrogens is 3. The fourth-order valence-corrected chi connectivity index (χ4v) is 3.77. The number of carbonyl (C=O) groups is 1. The van der Waals surface area contributed by atoms with Gasteiger partial charge in [0, 0.05) is 12.2 Å². The summed E-state index contributed by atoms with van der Waals surface area (Å²) in [6, 6.07) is 17.8. The number of hydrogen-bond acceptors (Lipinski definition) is 5. The number of unbranched alkanes of at least 4 members (excludes halogenated alkanes) is 2. The summed E-state index contributed by atoms with van der Waals surface area (Å²) in [6.07, 6.45) is 3.27. The molecule has 1 amide bonds. The Hall–Kier alpha value is -2.80. The van der Waals surface area contributed by atoms with E-state index in [2.05, 4.69) is 22.4 Å². The van der Waals surface area contributed by atoms with Crippen LogP contribution in [0.3, 0.4) is 0 Å². The predicted molar refractivity (Wildman–Crippen MR) is 120 cm³/mol. The van der Waals surface area contributed by atoms with Gasteiger partial charge in [0.1, 0.15) is 12.4 Å². The maximum atomic E-state index is 12.2. The van der Waals surface area contributed by atoms with Crippen molar-refractivity contribution in [3.05, 3.63) is 66.0 Å². The van der Waals surface area contributed by atoms with Gasteiger partial charge in [0.25, 0.3) is 0 Å². The van der Waals surface area contributed by atoms with Crippen molar-refractivity contribution in [2.45, 2.75) is 44.9 Å². The van der Waals surface area contributed by atoms with Gasteiger partial charge in [-0.3, -0.25) is 9.36 Å². The molecule has 1 heterocycles. The highest BCUT2D eigenvalue weighted by Gasteiger charge is 2.16. The number of hydrogen-bond donors (Lipinski definition) is 1. The number of thioether (sulfide) groups is 1. The fraction of sp³-hybridized carbons (Fsp3) is 0.348. The zero-order valence-electron chi connectivity index (χ0n) is 17.5. The molecule has 0 saturated carbocycles. The Kier molecular flexibility index (Phi) is 8.32. The van der Waals surface area contributed by atoms with Crippen LogP contribution in [-0.4, -0.2) is 33.0 Å². The van der Waals surface area contributed by atoms with Gasteiger partial charge in [-0.05, 0) is 37.1 Å². The molecule has 0 atom stereocenters. The van der Waals surface area contributed by atoms with Crippen LogP contribution in [0, 0.1) is 6.92 Å². The Morgan fingerprint density at radius 1 is 1.07 bits per heavy atom. The highest BCUT2D eigenvalue weighted by atomic mass is 32.2. The van der Waals surface area contributed by atoms with E-state index in [9.17, 15) is 4.79 Å². The van der Waals surface area contributed by atoms with Crippen molar-refractivity contribution in [3.8, 4) is 11.4 Å². The lowest BCUT2D eigenvalue weighted by molar-refractivity contribution is -0.118. The molecule has 0 radical (unpaired) electrons. The minimum atomic E-state index is 0.0106. The van der Waals surface area contributed by atoms with Gasteiger partial charge in [-0.2, -0.15) is 0 Å². The van der Waals surface area contributed by atoms with E-state index in [1.807, 2.05) is 66.1 Å². The highest BCUT2D eigenvalue weighted by Crippen LogP contribution is 2.24. The second kappa shape index (κ2) is 11.4. The molecule has 0 fully saturated rings. The number of aryl methyl sites for hydroxylation is 1. The zero-order valence-corrected chi connectivity index (χ0v) is 18.3. The Labute approximate surface area is 182 Å². The van der Waals surface area contributed by atoms with E-state index in [0.29, 0.717) is 23.3 Å². The third-order valence-electron chi connectivity index (χ3n) is 4.60. The second-order valence-corrected chi connectivity index (χ2v) is 7.91. The van der Waals surface area contributed by atoms with Gasteiger partial charge in [0.2, 0.25) is 5.91 Å². The minimum Gasteiger partial charge on any atom is -0.485 e. The van der Waals surface area contributed by atoms with E-state index in [0.717, 1.165) is 36.3 Å². The van der Waals surface area contributed by atoms with Crippen molar-refractivity contribution in [2.75, 3.05) is 12.3 Å². The summed E-state index contributed by atoms with van der Waals surface area (Å²) < 4.78 is 7.94. The van der Waals surface area contributed by atoms with Gasteiger partial charge >= 0.3 is 0 Å². The van der Waals surface area contributed by atoms with Gasteiger partial charge in [0.15, 0.2) is 11.0 Å². The summed E-state index contributed by atoms with van der Waals surface area (Å²) in [7, 11) is 0. The maximum Gasteiger partial charge on any atom is 0.230 e. The molecule has 0 saturated heterocycles. The topological polar surface area (TPSA) is 69.0 Å². The van der Waals surface area contributed by atoms with Crippen LogP contribution in [0.4, 0.5) is 0 Å². The molecule has 7 heteroatoms. The first-order valence-electron chi connectivity index (χ1n) is 10.3. The molecule has 0 unspecified atom stereocenters. The highest BCUT2D eigenvalue weighted by molar-refractivity contribution is 7.99. The molecule has 0 aliphatic rings. The SMILES string of the molecule is CCCCCNC(=O)CSc1nnc(COc2ccccc2C)n1-c1ccccc1. The summed E-state index contributed by atoms with van der Waals surface area (Å²) in [5.41, 5.74) is 2.01. The second-order valence-electron chi connectivity index (χ2n) is 6.97. The first-order chi connectivity index (χ1) is 14.7. The third kappa shape index (κ3) is 6.10. The smallest absolute Gasteiger partial charge is 0.230 e.